The van der Waals surface area contributed by atoms with Crippen LogP contribution in [0.2, 0.25) is 0 Å². The molecule has 0 heterocycles. The van der Waals surface area contributed by atoms with E-state index in [0.29, 0.717) is 17.1 Å². The summed E-state index contributed by atoms with van der Waals surface area (Å²) < 4.78 is 19.3. The zero-order chi connectivity index (χ0) is 23.1. The smallest absolute Gasteiger partial charge is 0.312 e. The van der Waals surface area contributed by atoms with Gasteiger partial charge in [-0.2, -0.15) is 4.39 Å². The van der Waals surface area contributed by atoms with Gasteiger partial charge in [0.2, 0.25) is 11.7 Å². The number of nitrogens with two attached hydrogens (primary N) is 1. The maximum atomic E-state index is 13.5. The van der Waals surface area contributed by atoms with Crippen molar-refractivity contribution in [2.75, 3.05) is 5.32 Å². The van der Waals surface area contributed by atoms with Crippen LogP contribution in [0.1, 0.15) is 18.0 Å². The van der Waals surface area contributed by atoms with E-state index in [1.807, 2.05) is 18.2 Å². The van der Waals surface area contributed by atoms with Gasteiger partial charge < -0.3 is 21.1 Å². The van der Waals surface area contributed by atoms with Gasteiger partial charge in [-0.25, -0.2) is 4.79 Å². The molecule has 9 nitrogen and oxygen atoms in total. The number of primary amides is 1. The lowest BCUT2D eigenvalue weighted by Gasteiger charge is -2.19. The van der Waals surface area contributed by atoms with Crippen LogP contribution in [0.3, 0.4) is 0 Å². The minimum absolute atomic E-state index is 0.0436. The molecule has 32 heavy (non-hydrogen) atoms. The standard InChI is InChI=1S/C22H19FN4O5/c23-18-10-9-15(12-20(18)27(30)31)25-21(28)13-19(26-22(24)29)14-5-4-8-17(11-14)32-16-6-2-1-3-7-16/h1-12,19H,13H2,(H,25,28)(H3,24,26,29). The van der Waals surface area contributed by atoms with Gasteiger partial charge in [0.25, 0.3) is 0 Å². The molecule has 1 unspecified atom stereocenters. The lowest BCUT2D eigenvalue weighted by Crippen LogP contribution is -2.35. The normalized spacial score (nSPS) is 11.3. The Balaban J connectivity index is 1.76. The van der Waals surface area contributed by atoms with Gasteiger partial charge in [0, 0.05) is 11.8 Å². The van der Waals surface area contributed by atoms with Gasteiger partial charge in [0.1, 0.15) is 11.5 Å². The van der Waals surface area contributed by atoms with Crippen molar-refractivity contribution in [3.05, 3.63) is 94.3 Å². The van der Waals surface area contributed by atoms with Crippen molar-refractivity contribution < 1.29 is 23.6 Å². The van der Waals surface area contributed by atoms with Crippen molar-refractivity contribution in [3.63, 3.8) is 0 Å². The van der Waals surface area contributed by atoms with Crippen LogP contribution in [-0.4, -0.2) is 16.9 Å². The van der Waals surface area contributed by atoms with E-state index in [2.05, 4.69) is 10.6 Å². The van der Waals surface area contributed by atoms with Crippen molar-refractivity contribution >= 4 is 23.3 Å². The number of hydrogen-bond acceptors (Lipinski definition) is 5. The van der Waals surface area contributed by atoms with Gasteiger partial charge in [-0.05, 0) is 42.0 Å². The van der Waals surface area contributed by atoms with Gasteiger partial charge in [0.05, 0.1) is 17.4 Å². The molecule has 10 heteroatoms. The molecule has 0 spiro atoms. The van der Waals surface area contributed by atoms with E-state index >= 15 is 0 Å². The minimum Gasteiger partial charge on any atom is -0.457 e. The monoisotopic (exact) mass is 438 g/mol. The number of ether oxygens (including phenoxy) is 1. The first-order valence-corrected chi connectivity index (χ1v) is 9.44. The summed E-state index contributed by atoms with van der Waals surface area (Å²) in [6, 6.07) is 17.2. The summed E-state index contributed by atoms with van der Waals surface area (Å²) in [4.78, 5) is 34.0. The van der Waals surface area contributed by atoms with Gasteiger partial charge in [-0.3, -0.25) is 14.9 Å². The first kappa shape index (κ1) is 22.2. The average molecular weight is 438 g/mol. The number of halogens is 1. The van der Waals surface area contributed by atoms with Crippen molar-refractivity contribution in [1.29, 1.82) is 0 Å². The predicted octanol–water partition coefficient (Wildman–Crippen LogP) is 4.26. The zero-order valence-corrected chi connectivity index (χ0v) is 16.7. The molecule has 0 bridgehead atoms. The molecule has 0 radical (unpaired) electrons. The summed E-state index contributed by atoms with van der Waals surface area (Å²) in [5.41, 5.74) is 5.09. The molecule has 0 saturated heterocycles. The Morgan fingerprint density at radius 3 is 2.44 bits per heavy atom. The summed E-state index contributed by atoms with van der Waals surface area (Å²) in [5, 5.41) is 15.8. The molecule has 164 valence electrons. The number of urea groups is 1. The largest absolute Gasteiger partial charge is 0.457 e. The number of para-hydroxylation sites is 1. The fourth-order valence-corrected chi connectivity index (χ4v) is 2.97. The van der Waals surface area contributed by atoms with Crippen LogP contribution < -0.4 is 21.1 Å². The van der Waals surface area contributed by atoms with Crippen LogP contribution in [0.15, 0.2) is 72.8 Å². The second-order valence-electron chi connectivity index (χ2n) is 6.72. The van der Waals surface area contributed by atoms with Crippen molar-refractivity contribution in [1.82, 2.24) is 5.32 Å². The minimum atomic E-state index is -1.02. The van der Waals surface area contributed by atoms with Gasteiger partial charge >= 0.3 is 11.7 Å². The number of nitro groups is 1. The van der Waals surface area contributed by atoms with E-state index in [1.165, 1.54) is 6.07 Å². The van der Waals surface area contributed by atoms with Gasteiger partial charge in [0.15, 0.2) is 0 Å². The molecule has 0 aliphatic rings. The van der Waals surface area contributed by atoms with Crippen LogP contribution in [0.25, 0.3) is 0 Å². The third kappa shape index (κ3) is 6.02. The highest BCUT2D eigenvalue weighted by Gasteiger charge is 2.20. The number of carbonyl (C=O) groups is 2. The molecule has 0 aromatic heterocycles. The van der Waals surface area contributed by atoms with Crippen LogP contribution in [0, 0.1) is 15.9 Å². The Hall–Kier alpha value is -4.47. The average Bonchev–Trinajstić information content (AvgIpc) is 2.75. The number of hydrogen-bond donors (Lipinski definition) is 3. The maximum Gasteiger partial charge on any atom is 0.312 e. The van der Waals surface area contributed by atoms with Crippen molar-refractivity contribution in [2.45, 2.75) is 12.5 Å². The van der Waals surface area contributed by atoms with Crippen LogP contribution in [-0.2, 0) is 4.79 Å². The maximum absolute atomic E-state index is 13.5. The van der Waals surface area contributed by atoms with E-state index in [1.54, 1.807) is 36.4 Å². The molecular formula is C22H19FN4O5. The lowest BCUT2D eigenvalue weighted by atomic mass is 10.0. The Labute approximate surface area is 182 Å². The molecule has 1 atom stereocenters. The highest BCUT2D eigenvalue weighted by Crippen LogP contribution is 2.27. The molecule has 3 aromatic carbocycles. The quantitative estimate of drug-likeness (QED) is 0.356. The van der Waals surface area contributed by atoms with Crippen molar-refractivity contribution in [3.8, 4) is 11.5 Å². The van der Waals surface area contributed by atoms with E-state index in [0.717, 1.165) is 12.1 Å². The first-order valence-electron chi connectivity index (χ1n) is 9.44. The number of carbonyl (C=O) groups excluding carboxylic acids is 2. The third-order valence-electron chi connectivity index (χ3n) is 4.37. The fourth-order valence-electron chi connectivity index (χ4n) is 2.97. The van der Waals surface area contributed by atoms with Crippen LogP contribution in [0.5, 0.6) is 11.5 Å². The highest BCUT2D eigenvalue weighted by atomic mass is 19.1. The second-order valence-corrected chi connectivity index (χ2v) is 6.72. The number of amides is 3. The summed E-state index contributed by atoms with van der Waals surface area (Å²) in [6.07, 6.45) is -0.233. The Morgan fingerprint density at radius 2 is 1.75 bits per heavy atom. The van der Waals surface area contributed by atoms with Crippen LogP contribution in [0.4, 0.5) is 20.6 Å². The molecule has 0 fully saturated rings. The Bertz CT molecular complexity index is 1140. The summed E-state index contributed by atoms with van der Waals surface area (Å²) in [7, 11) is 0. The number of nitro benzene ring substituents is 1. The first-order chi connectivity index (χ1) is 15.3. The fraction of sp³-hybridized carbons (Fsp3) is 0.0909. The number of rotatable bonds is 8. The second kappa shape index (κ2) is 10.0. The molecule has 4 N–H and O–H groups in total. The molecule has 0 aliphatic heterocycles. The lowest BCUT2D eigenvalue weighted by molar-refractivity contribution is -0.387. The van der Waals surface area contributed by atoms with Gasteiger partial charge in [-0.15, -0.1) is 0 Å². The Kier molecular flexibility index (Phi) is 6.96. The van der Waals surface area contributed by atoms with Crippen molar-refractivity contribution in [2.24, 2.45) is 5.73 Å². The number of anilines is 1. The molecule has 3 aromatic rings. The SMILES string of the molecule is NC(=O)NC(CC(=O)Nc1ccc(F)c([N+](=O)[O-])c1)c1cccc(Oc2ccccc2)c1. The van der Waals surface area contributed by atoms with E-state index in [-0.39, 0.29) is 12.1 Å². The molecule has 3 rings (SSSR count). The zero-order valence-electron chi connectivity index (χ0n) is 16.7. The van der Waals surface area contributed by atoms with Gasteiger partial charge in [-0.1, -0.05) is 30.3 Å². The number of benzene rings is 3. The highest BCUT2D eigenvalue weighted by molar-refractivity contribution is 5.92. The van der Waals surface area contributed by atoms with E-state index < -0.39 is 34.4 Å². The predicted molar refractivity (Wildman–Crippen MR) is 115 cm³/mol. The number of nitrogens with zero attached hydrogens (tertiary/aromatic N) is 1. The van der Waals surface area contributed by atoms with Crippen LogP contribution >= 0.6 is 0 Å². The van der Waals surface area contributed by atoms with E-state index in [9.17, 15) is 24.1 Å². The topological polar surface area (TPSA) is 137 Å². The summed E-state index contributed by atoms with van der Waals surface area (Å²) >= 11 is 0. The third-order valence-corrected chi connectivity index (χ3v) is 4.37. The summed E-state index contributed by atoms with van der Waals surface area (Å²) in [5.74, 6) is -0.491. The summed E-state index contributed by atoms with van der Waals surface area (Å²) in [6.45, 7) is 0. The molecule has 0 saturated carbocycles. The van der Waals surface area contributed by atoms with E-state index in [4.69, 9.17) is 10.5 Å². The molecule has 3 amide bonds. The molecular weight excluding hydrogens is 419 g/mol. The molecule has 0 aliphatic carbocycles. The number of nitrogens with one attached hydrogen (secondary N) is 2. The Morgan fingerprint density at radius 1 is 1.03 bits per heavy atom.